The maximum Gasteiger partial charge on any atom is 0.233 e. The fraction of sp³-hybridized carbons (Fsp3) is 0.370. The van der Waals surface area contributed by atoms with E-state index in [-0.39, 0.29) is 0 Å². The minimum Gasteiger partial charge on any atom is -0.496 e. The van der Waals surface area contributed by atoms with Gasteiger partial charge in [0.25, 0.3) is 0 Å². The van der Waals surface area contributed by atoms with Gasteiger partial charge >= 0.3 is 0 Å². The number of likely N-dealkylation sites (N-methyl/N-ethyl adjacent to an activating group) is 1. The van der Waals surface area contributed by atoms with Crippen molar-refractivity contribution in [3.63, 3.8) is 0 Å². The number of pyridine rings is 2. The molecule has 11 nitrogen and oxygen atoms in total. The molecule has 39 heavy (non-hydrogen) atoms. The minimum atomic E-state index is -3.44. The van der Waals surface area contributed by atoms with Gasteiger partial charge in [0.2, 0.25) is 10.0 Å². The summed E-state index contributed by atoms with van der Waals surface area (Å²) in [7, 11) is 1.91. The summed E-state index contributed by atoms with van der Waals surface area (Å²) in [6, 6.07) is 13.8. The summed E-state index contributed by atoms with van der Waals surface area (Å²) >= 11 is 0. The summed E-state index contributed by atoms with van der Waals surface area (Å²) in [5, 5.41) is 8.07. The highest BCUT2D eigenvalue weighted by Crippen LogP contribution is 2.28. The molecule has 5 rings (SSSR count). The monoisotopic (exact) mass is 550 g/mol. The van der Waals surface area contributed by atoms with Crippen LogP contribution in [0.15, 0.2) is 54.9 Å². The highest BCUT2D eigenvalue weighted by atomic mass is 32.2. The SMILES string of the molecule is COc1cc(N2CCN(C)CC2)ccc1Cc1nc2c(NCc3cccnc3N(C)S(C)(=O)=O)cccn2n1. The van der Waals surface area contributed by atoms with Gasteiger partial charge in [-0.3, -0.25) is 4.31 Å². The lowest BCUT2D eigenvalue weighted by molar-refractivity contribution is 0.312. The quantitative estimate of drug-likeness (QED) is 0.336. The second-order valence-corrected chi connectivity index (χ2v) is 11.8. The van der Waals surface area contributed by atoms with Crippen LogP contribution in [0, 0.1) is 0 Å². The van der Waals surface area contributed by atoms with Crippen molar-refractivity contribution in [1.29, 1.82) is 0 Å². The van der Waals surface area contributed by atoms with E-state index in [2.05, 4.69) is 45.3 Å². The van der Waals surface area contributed by atoms with E-state index < -0.39 is 10.0 Å². The van der Waals surface area contributed by atoms with E-state index in [4.69, 9.17) is 14.8 Å². The number of ether oxygens (including phenoxy) is 1. The number of sulfonamides is 1. The Balaban J connectivity index is 1.35. The molecule has 0 saturated carbocycles. The maximum absolute atomic E-state index is 12.1. The number of hydrogen-bond acceptors (Lipinski definition) is 9. The Labute approximate surface area is 229 Å². The van der Waals surface area contributed by atoms with Gasteiger partial charge in [0.05, 0.1) is 19.1 Å². The van der Waals surface area contributed by atoms with Crippen molar-refractivity contribution < 1.29 is 13.2 Å². The number of hydrogen-bond donors (Lipinski definition) is 1. The number of fused-ring (bicyclic) bond motifs is 1. The molecule has 4 heterocycles. The Morgan fingerprint density at radius 2 is 1.87 bits per heavy atom. The molecular formula is C27H34N8O3S. The second kappa shape index (κ2) is 11.1. The Kier molecular flexibility index (Phi) is 7.58. The number of nitrogens with one attached hydrogen (secondary N) is 1. The first-order valence-corrected chi connectivity index (χ1v) is 14.6. The second-order valence-electron chi connectivity index (χ2n) is 9.75. The largest absolute Gasteiger partial charge is 0.496 e. The number of nitrogens with zero attached hydrogens (tertiary/aromatic N) is 7. The van der Waals surface area contributed by atoms with Gasteiger partial charge < -0.3 is 19.9 Å². The first-order valence-electron chi connectivity index (χ1n) is 12.8. The molecule has 1 N–H and O–H groups in total. The van der Waals surface area contributed by atoms with Crippen LogP contribution in [0.4, 0.5) is 17.2 Å². The fourth-order valence-electron chi connectivity index (χ4n) is 4.67. The van der Waals surface area contributed by atoms with Gasteiger partial charge in [0.1, 0.15) is 11.6 Å². The number of anilines is 3. The van der Waals surface area contributed by atoms with Crippen LogP contribution in [-0.2, 0) is 23.0 Å². The van der Waals surface area contributed by atoms with Gasteiger partial charge in [-0.1, -0.05) is 12.1 Å². The molecule has 0 bridgehead atoms. The molecule has 1 aliphatic heterocycles. The summed E-state index contributed by atoms with van der Waals surface area (Å²) in [5.74, 6) is 1.88. The average Bonchev–Trinajstić information content (AvgIpc) is 3.35. The Bertz CT molecular complexity index is 1560. The highest BCUT2D eigenvalue weighted by Gasteiger charge is 2.19. The lowest BCUT2D eigenvalue weighted by atomic mass is 10.1. The van der Waals surface area contributed by atoms with Crippen LogP contribution in [0.5, 0.6) is 5.75 Å². The number of benzene rings is 1. The zero-order valence-corrected chi connectivity index (χ0v) is 23.5. The molecule has 0 unspecified atom stereocenters. The van der Waals surface area contributed by atoms with Crippen LogP contribution in [0.2, 0.25) is 0 Å². The molecular weight excluding hydrogens is 516 g/mol. The third-order valence-electron chi connectivity index (χ3n) is 7.03. The molecule has 1 aromatic carbocycles. The van der Waals surface area contributed by atoms with E-state index in [1.54, 1.807) is 23.9 Å². The van der Waals surface area contributed by atoms with Crippen LogP contribution >= 0.6 is 0 Å². The van der Waals surface area contributed by atoms with E-state index in [1.165, 1.54) is 11.4 Å². The maximum atomic E-state index is 12.1. The average molecular weight is 551 g/mol. The molecule has 0 aliphatic carbocycles. The summed E-state index contributed by atoms with van der Waals surface area (Å²) in [6.45, 7) is 4.44. The van der Waals surface area contributed by atoms with Crippen LogP contribution in [-0.4, -0.2) is 86.5 Å². The molecule has 0 radical (unpaired) electrons. The molecule has 12 heteroatoms. The molecule has 206 valence electrons. The summed E-state index contributed by atoms with van der Waals surface area (Å²) in [6.07, 6.45) is 5.13. The van der Waals surface area contributed by atoms with Crippen molar-refractivity contribution in [2.24, 2.45) is 0 Å². The molecule has 0 spiro atoms. The van der Waals surface area contributed by atoms with Gasteiger partial charge in [-0.2, -0.15) is 5.10 Å². The van der Waals surface area contributed by atoms with Crippen molar-refractivity contribution >= 4 is 32.9 Å². The molecule has 1 fully saturated rings. The number of methoxy groups -OCH3 is 1. The zero-order valence-electron chi connectivity index (χ0n) is 22.7. The van der Waals surface area contributed by atoms with Crippen LogP contribution in [0.3, 0.4) is 0 Å². The van der Waals surface area contributed by atoms with Gasteiger partial charge in [-0.05, 0) is 31.3 Å². The minimum absolute atomic E-state index is 0.368. The standard InChI is InChI=1S/C27H34N8O3S/c1-32-13-15-34(16-14-32)22-10-9-20(24(18-22)38-3)17-25-30-27-23(8-6-12-35(27)31-25)29-19-21-7-5-11-28-26(21)33(2)39(4,36)37/h5-12,18,29H,13-17,19H2,1-4H3. The molecule has 1 saturated heterocycles. The lowest BCUT2D eigenvalue weighted by Crippen LogP contribution is -2.44. The van der Waals surface area contributed by atoms with Crippen molar-refractivity contribution in [3.8, 4) is 5.75 Å². The predicted octanol–water partition coefficient (Wildman–Crippen LogP) is 2.48. The smallest absolute Gasteiger partial charge is 0.233 e. The molecule has 3 aromatic heterocycles. The van der Waals surface area contributed by atoms with Gasteiger partial charge in [-0.25, -0.2) is 22.9 Å². The highest BCUT2D eigenvalue weighted by molar-refractivity contribution is 7.92. The first kappa shape index (κ1) is 26.7. The Hall–Kier alpha value is -3.90. The first-order chi connectivity index (χ1) is 18.7. The normalized spacial score (nSPS) is 14.5. The van der Waals surface area contributed by atoms with E-state index >= 15 is 0 Å². The Morgan fingerprint density at radius 1 is 1.08 bits per heavy atom. The van der Waals surface area contributed by atoms with Crippen LogP contribution < -0.4 is 19.3 Å². The van der Waals surface area contributed by atoms with E-state index in [9.17, 15) is 8.42 Å². The summed E-state index contributed by atoms with van der Waals surface area (Å²) in [5.41, 5.74) is 4.39. The number of rotatable bonds is 9. The predicted molar refractivity (Wildman–Crippen MR) is 153 cm³/mol. The zero-order chi connectivity index (χ0) is 27.6. The summed E-state index contributed by atoms with van der Waals surface area (Å²) in [4.78, 5) is 13.8. The molecule has 0 amide bonds. The molecule has 0 atom stereocenters. The van der Waals surface area contributed by atoms with Crippen LogP contribution in [0.1, 0.15) is 17.0 Å². The van der Waals surface area contributed by atoms with Gasteiger partial charge in [0.15, 0.2) is 11.5 Å². The topological polar surface area (TPSA) is 108 Å². The van der Waals surface area contributed by atoms with Gasteiger partial charge in [0, 0.05) is 81.5 Å². The number of aromatic nitrogens is 4. The lowest BCUT2D eigenvalue weighted by Gasteiger charge is -2.34. The molecule has 1 aliphatic rings. The third kappa shape index (κ3) is 5.91. The van der Waals surface area contributed by atoms with Crippen molar-refractivity contribution in [2.75, 3.05) is 68.2 Å². The molecule has 4 aromatic rings. The fourth-order valence-corrected chi connectivity index (χ4v) is 5.15. The van der Waals surface area contributed by atoms with Crippen LogP contribution in [0.25, 0.3) is 5.65 Å². The van der Waals surface area contributed by atoms with E-state index in [0.29, 0.717) is 30.3 Å². The third-order valence-corrected chi connectivity index (χ3v) is 8.19. The van der Waals surface area contributed by atoms with Crippen molar-refractivity contribution in [2.45, 2.75) is 13.0 Å². The summed E-state index contributed by atoms with van der Waals surface area (Å²) < 4.78 is 32.8. The van der Waals surface area contributed by atoms with E-state index in [1.807, 2.05) is 24.4 Å². The van der Waals surface area contributed by atoms with Crippen molar-refractivity contribution in [3.05, 3.63) is 71.8 Å². The number of piperazine rings is 1. The van der Waals surface area contributed by atoms with Crippen molar-refractivity contribution in [1.82, 2.24) is 24.5 Å². The van der Waals surface area contributed by atoms with E-state index in [0.717, 1.165) is 60.7 Å². The van der Waals surface area contributed by atoms with Gasteiger partial charge in [-0.15, -0.1) is 0 Å². The Morgan fingerprint density at radius 3 is 2.62 bits per heavy atom.